The minimum atomic E-state index is -0.391. The highest BCUT2D eigenvalue weighted by Crippen LogP contribution is 2.29. The second kappa shape index (κ2) is 10.2. The van der Waals surface area contributed by atoms with Crippen LogP contribution in [-0.4, -0.2) is 56.4 Å². The number of aromatic nitrogens is 5. The number of nitrogens with one attached hydrogen (secondary N) is 1. The summed E-state index contributed by atoms with van der Waals surface area (Å²) in [6.45, 7) is 15.1. The van der Waals surface area contributed by atoms with Crippen molar-refractivity contribution < 1.29 is 14.1 Å². The Balaban J connectivity index is 1.32. The van der Waals surface area contributed by atoms with Crippen molar-refractivity contribution in [3.63, 3.8) is 0 Å². The molecule has 1 atom stereocenters. The topological polar surface area (TPSA) is 111 Å². The van der Waals surface area contributed by atoms with Gasteiger partial charge >= 0.3 is 11.8 Å². The van der Waals surface area contributed by atoms with Gasteiger partial charge in [-0.3, -0.25) is 4.79 Å². The highest BCUT2D eigenvalue weighted by atomic mass is 16.5. The van der Waals surface area contributed by atoms with Crippen LogP contribution in [0.1, 0.15) is 62.3 Å². The van der Waals surface area contributed by atoms with Crippen molar-refractivity contribution in [1.29, 1.82) is 0 Å². The van der Waals surface area contributed by atoms with Crippen LogP contribution in [0.4, 0.5) is 5.69 Å². The van der Waals surface area contributed by atoms with Crippen LogP contribution in [0.3, 0.4) is 0 Å². The molecule has 0 aliphatic carbocycles. The SMILES string of the molecule is Cc1cc(-c2ncnn3cc(N4CCOC(C(C)C)C4)cc23)ccc1CNC(=O)c1nc(C(C)(C)C)no1. The first-order chi connectivity index (χ1) is 18.1. The van der Waals surface area contributed by atoms with E-state index >= 15 is 0 Å². The van der Waals surface area contributed by atoms with Gasteiger partial charge in [0.1, 0.15) is 6.33 Å². The molecular formula is C28H35N7O3. The van der Waals surface area contributed by atoms with E-state index in [0.29, 0.717) is 18.3 Å². The Hall–Kier alpha value is -3.79. The molecule has 3 aromatic heterocycles. The van der Waals surface area contributed by atoms with Gasteiger partial charge in [-0.25, -0.2) is 9.50 Å². The van der Waals surface area contributed by atoms with Gasteiger partial charge in [-0.1, -0.05) is 51.9 Å². The van der Waals surface area contributed by atoms with Crippen LogP contribution in [0.25, 0.3) is 16.8 Å². The molecule has 1 unspecified atom stereocenters. The second-order valence-corrected chi connectivity index (χ2v) is 11.2. The van der Waals surface area contributed by atoms with Crippen molar-refractivity contribution in [1.82, 2.24) is 30.1 Å². The molecule has 0 spiro atoms. The third-order valence-electron chi connectivity index (χ3n) is 6.94. The lowest BCUT2D eigenvalue weighted by Gasteiger charge is -2.35. The minimum Gasteiger partial charge on any atom is -0.374 e. The fourth-order valence-electron chi connectivity index (χ4n) is 4.54. The predicted octanol–water partition coefficient (Wildman–Crippen LogP) is 4.18. The number of morpholine rings is 1. The maximum Gasteiger partial charge on any atom is 0.315 e. The first-order valence-electron chi connectivity index (χ1n) is 13.0. The molecule has 4 heterocycles. The van der Waals surface area contributed by atoms with Crippen molar-refractivity contribution in [3.8, 4) is 11.3 Å². The van der Waals surface area contributed by atoms with Crippen LogP contribution in [-0.2, 0) is 16.7 Å². The summed E-state index contributed by atoms with van der Waals surface area (Å²) in [5.41, 5.74) is 5.66. The van der Waals surface area contributed by atoms with Crippen LogP contribution >= 0.6 is 0 Å². The molecule has 38 heavy (non-hydrogen) atoms. The number of amides is 1. The van der Waals surface area contributed by atoms with Gasteiger partial charge in [0.05, 0.1) is 35.8 Å². The van der Waals surface area contributed by atoms with E-state index in [1.807, 2.05) is 44.3 Å². The Morgan fingerprint density at radius 2 is 2.05 bits per heavy atom. The summed E-state index contributed by atoms with van der Waals surface area (Å²) < 4.78 is 13.0. The Kier molecular flexibility index (Phi) is 6.92. The van der Waals surface area contributed by atoms with E-state index in [1.54, 1.807) is 6.33 Å². The van der Waals surface area contributed by atoms with E-state index in [0.717, 1.165) is 53.3 Å². The fourth-order valence-corrected chi connectivity index (χ4v) is 4.54. The molecule has 10 heteroatoms. The molecule has 1 aliphatic heterocycles. The van der Waals surface area contributed by atoms with Crippen LogP contribution < -0.4 is 10.2 Å². The molecule has 1 N–H and O–H groups in total. The Bertz CT molecular complexity index is 1450. The summed E-state index contributed by atoms with van der Waals surface area (Å²) in [4.78, 5) is 23.8. The van der Waals surface area contributed by atoms with Gasteiger partial charge in [0.15, 0.2) is 5.82 Å². The molecule has 200 valence electrons. The molecule has 1 aliphatic rings. The number of anilines is 1. The Morgan fingerprint density at radius 1 is 1.24 bits per heavy atom. The second-order valence-electron chi connectivity index (χ2n) is 11.2. The number of fused-ring (bicyclic) bond motifs is 1. The summed E-state index contributed by atoms with van der Waals surface area (Å²) in [7, 11) is 0. The zero-order valence-electron chi connectivity index (χ0n) is 22.9. The number of nitrogens with zero attached hydrogens (tertiary/aromatic N) is 6. The summed E-state index contributed by atoms with van der Waals surface area (Å²) >= 11 is 0. The van der Waals surface area contributed by atoms with Crippen molar-refractivity contribution >= 4 is 17.1 Å². The third kappa shape index (κ3) is 5.26. The maximum absolute atomic E-state index is 12.6. The van der Waals surface area contributed by atoms with E-state index in [4.69, 9.17) is 9.26 Å². The van der Waals surface area contributed by atoms with Crippen molar-refractivity contribution in [2.45, 2.75) is 59.6 Å². The average molecular weight is 518 g/mol. The molecule has 5 rings (SSSR count). The number of carbonyl (C=O) groups excluding carboxylic acids is 1. The van der Waals surface area contributed by atoms with Gasteiger partial charge in [0.2, 0.25) is 0 Å². The van der Waals surface area contributed by atoms with Crippen LogP contribution in [0.2, 0.25) is 0 Å². The number of carbonyl (C=O) groups is 1. The monoisotopic (exact) mass is 517 g/mol. The van der Waals surface area contributed by atoms with Gasteiger partial charge in [-0.05, 0) is 36.1 Å². The zero-order chi connectivity index (χ0) is 27.0. The average Bonchev–Trinajstić information content (AvgIpc) is 3.56. The normalized spacial score (nSPS) is 16.4. The van der Waals surface area contributed by atoms with Crippen molar-refractivity contribution in [3.05, 3.63) is 59.6 Å². The maximum atomic E-state index is 12.6. The molecule has 0 saturated carbocycles. The fraction of sp³-hybridized carbons (Fsp3) is 0.464. The van der Waals surface area contributed by atoms with Crippen molar-refractivity contribution in [2.75, 3.05) is 24.6 Å². The molecule has 0 radical (unpaired) electrons. The molecule has 0 bridgehead atoms. The summed E-state index contributed by atoms with van der Waals surface area (Å²) in [5, 5.41) is 11.3. The standard InChI is InChI=1S/C28H35N7O3/c1-17(2)23-15-34(9-10-37-23)21-12-22-24(30-16-31-35(22)14-21)19-7-8-20(18(3)11-19)13-29-25(36)26-32-27(33-38-26)28(4,5)6/h7-8,11-12,14,16-17,23H,9-10,13,15H2,1-6H3,(H,29,36). The van der Waals surface area contributed by atoms with Gasteiger partial charge in [-0.15, -0.1) is 0 Å². The minimum absolute atomic E-state index is 0.0309. The molecule has 1 amide bonds. The Morgan fingerprint density at radius 3 is 2.76 bits per heavy atom. The predicted molar refractivity (Wildman–Crippen MR) is 144 cm³/mol. The van der Waals surface area contributed by atoms with Crippen molar-refractivity contribution in [2.24, 2.45) is 5.92 Å². The van der Waals surface area contributed by atoms with Gasteiger partial charge in [0.25, 0.3) is 0 Å². The summed E-state index contributed by atoms with van der Waals surface area (Å²) in [6.07, 6.45) is 3.86. The van der Waals surface area contributed by atoms with Gasteiger partial charge < -0.3 is 19.5 Å². The quantitative estimate of drug-likeness (QED) is 0.406. The lowest BCUT2D eigenvalue weighted by Crippen LogP contribution is -2.44. The van der Waals surface area contributed by atoms with Gasteiger partial charge in [-0.2, -0.15) is 10.1 Å². The van der Waals surface area contributed by atoms with E-state index < -0.39 is 5.91 Å². The van der Waals surface area contributed by atoms with Crippen LogP contribution in [0.5, 0.6) is 0 Å². The van der Waals surface area contributed by atoms with Gasteiger partial charge in [0, 0.05) is 30.6 Å². The lowest BCUT2D eigenvalue weighted by atomic mass is 9.96. The molecular weight excluding hydrogens is 482 g/mol. The molecule has 1 fully saturated rings. The first-order valence-corrected chi connectivity index (χ1v) is 13.0. The lowest BCUT2D eigenvalue weighted by molar-refractivity contribution is 0.0114. The van der Waals surface area contributed by atoms with Crippen LogP contribution in [0, 0.1) is 12.8 Å². The number of hydrogen-bond donors (Lipinski definition) is 1. The smallest absolute Gasteiger partial charge is 0.315 e. The van der Waals surface area contributed by atoms with Crippen LogP contribution in [0.15, 0.2) is 41.3 Å². The molecule has 4 aromatic rings. The highest BCUT2D eigenvalue weighted by Gasteiger charge is 2.25. The van der Waals surface area contributed by atoms with E-state index in [9.17, 15) is 4.79 Å². The number of aryl methyl sites for hydroxylation is 1. The largest absolute Gasteiger partial charge is 0.374 e. The number of rotatable bonds is 6. The third-order valence-corrected chi connectivity index (χ3v) is 6.94. The number of ether oxygens (including phenoxy) is 1. The number of hydrogen-bond acceptors (Lipinski definition) is 8. The van der Waals surface area contributed by atoms with E-state index in [-0.39, 0.29) is 17.4 Å². The number of benzene rings is 1. The summed E-state index contributed by atoms with van der Waals surface area (Å²) in [6, 6.07) is 8.27. The molecule has 1 saturated heterocycles. The first kappa shape index (κ1) is 25.8. The molecule has 1 aromatic carbocycles. The summed E-state index contributed by atoms with van der Waals surface area (Å²) in [5.74, 6) is 0.541. The highest BCUT2D eigenvalue weighted by molar-refractivity contribution is 5.89. The molecule has 10 nitrogen and oxygen atoms in total. The van der Waals surface area contributed by atoms with E-state index in [2.05, 4.69) is 62.6 Å². The zero-order valence-corrected chi connectivity index (χ0v) is 22.9. The Labute approximate surface area is 222 Å². The van der Waals surface area contributed by atoms with E-state index in [1.165, 1.54) is 0 Å².